The van der Waals surface area contributed by atoms with Crippen molar-refractivity contribution in [1.82, 2.24) is 10.6 Å². The third-order valence-corrected chi connectivity index (χ3v) is 6.54. The molecule has 196 valence electrons. The molecule has 3 amide bonds. The zero-order chi connectivity index (χ0) is 26.2. The largest absolute Gasteiger partial charge is 0.391 e. The van der Waals surface area contributed by atoms with E-state index in [0.29, 0.717) is 13.0 Å². The standard InChI is InChI=1S/C26H43N5O4/c1-6-7-12-29-24(34)17(2)13-22(32)18(27)14-26(3,4)15-23(33)31-16-20(25(35)28-5)30-19-10-8-9-11-21(19)31/h8-11,17-18,20,22,30,32H,6-7,12-16,27H2,1-5H3,(H,28,35)(H,29,34)/t17-,18+,20?,22+/m1/s1. The molecular formula is C26H43N5O4. The second kappa shape index (κ2) is 12.9. The van der Waals surface area contributed by atoms with E-state index in [0.717, 1.165) is 24.2 Å². The molecule has 1 unspecified atom stereocenters. The summed E-state index contributed by atoms with van der Waals surface area (Å²) in [6.45, 7) is 8.60. The van der Waals surface area contributed by atoms with Gasteiger partial charge in [0.25, 0.3) is 0 Å². The minimum Gasteiger partial charge on any atom is -0.391 e. The predicted molar refractivity (Wildman–Crippen MR) is 139 cm³/mol. The van der Waals surface area contributed by atoms with Gasteiger partial charge in [-0.25, -0.2) is 0 Å². The van der Waals surface area contributed by atoms with Crippen LogP contribution in [0.15, 0.2) is 24.3 Å². The van der Waals surface area contributed by atoms with Crippen molar-refractivity contribution >= 4 is 29.1 Å². The number of nitrogens with zero attached hydrogens (tertiary/aromatic N) is 1. The number of fused-ring (bicyclic) bond motifs is 1. The van der Waals surface area contributed by atoms with E-state index in [2.05, 4.69) is 22.9 Å². The maximum Gasteiger partial charge on any atom is 0.244 e. The molecule has 0 radical (unpaired) electrons. The lowest BCUT2D eigenvalue weighted by Gasteiger charge is -2.37. The summed E-state index contributed by atoms with van der Waals surface area (Å²) in [4.78, 5) is 39.5. The molecule has 0 aromatic heterocycles. The number of anilines is 2. The highest BCUT2D eigenvalue weighted by Gasteiger charge is 2.35. The van der Waals surface area contributed by atoms with Crippen LogP contribution in [0.2, 0.25) is 0 Å². The van der Waals surface area contributed by atoms with E-state index in [1.165, 1.54) is 0 Å². The summed E-state index contributed by atoms with van der Waals surface area (Å²) in [5.41, 5.74) is 7.29. The van der Waals surface area contributed by atoms with Crippen LogP contribution in [-0.2, 0) is 14.4 Å². The first kappa shape index (κ1) is 28.6. The molecule has 0 fully saturated rings. The van der Waals surface area contributed by atoms with E-state index >= 15 is 0 Å². The van der Waals surface area contributed by atoms with Crippen LogP contribution in [-0.4, -0.2) is 61.2 Å². The first-order valence-corrected chi connectivity index (χ1v) is 12.6. The van der Waals surface area contributed by atoms with Gasteiger partial charge in [-0.2, -0.15) is 0 Å². The Hall–Kier alpha value is -2.65. The second-order valence-electron chi connectivity index (χ2n) is 10.4. The zero-order valence-corrected chi connectivity index (χ0v) is 21.8. The van der Waals surface area contributed by atoms with Crippen LogP contribution in [0.4, 0.5) is 11.4 Å². The molecule has 0 saturated heterocycles. The Kier molecular flexibility index (Phi) is 10.5. The molecule has 1 aromatic rings. The van der Waals surface area contributed by atoms with Gasteiger partial charge in [0.2, 0.25) is 17.7 Å². The normalized spacial score (nSPS) is 18.0. The Morgan fingerprint density at radius 1 is 1.29 bits per heavy atom. The number of rotatable bonds is 12. The molecule has 0 bridgehead atoms. The Morgan fingerprint density at radius 3 is 2.63 bits per heavy atom. The van der Waals surface area contributed by atoms with E-state index in [4.69, 9.17) is 5.73 Å². The van der Waals surface area contributed by atoms with Crippen LogP contribution < -0.4 is 26.6 Å². The third-order valence-electron chi connectivity index (χ3n) is 6.54. The van der Waals surface area contributed by atoms with Crippen LogP contribution in [0.3, 0.4) is 0 Å². The monoisotopic (exact) mass is 489 g/mol. The molecule has 0 spiro atoms. The lowest BCUT2D eigenvalue weighted by atomic mass is 9.80. The van der Waals surface area contributed by atoms with Crippen LogP contribution in [0.5, 0.6) is 0 Å². The lowest BCUT2D eigenvalue weighted by Crippen LogP contribution is -2.52. The van der Waals surface area contributed by atoms with Gasteiger partial charge in [-0.15, -0.1) is 0 Å². The molecule has 35 heavy (non-hydrogen) atoms. The molecule has 1 aliphatic rings. The number of aliphatic hydroxyl groups is 1. The highest BCUT2D eigenvalue weighted by molar-refractivity contribution is 6.01. The van der Waals surface area contributed by atoms with Gasteiger partial charge in [-0.3, -0.25) is 14.4 Å². The first-order valence-electron chi connectivity index (χ1n) is 12.6. The van der Waals surface area contributed by atoms with Crippen molar-refractivity contribution in [2.45, 2.75) is 78.0 Å². The molecule has 0 saturated carbocycles. The number of likely N-dealkylation sites (N-methyl/N-ethyl adjacent to an activating group) is 1. The number of carbonyl (C=O) groups is 3. The number of hydrogen-bond donors (Lipinski definition) is 5. The van der Waals surface area contributed by atoms with Gasteiger partial charge in [-0.05, 0) is 36.8 Å². The smallest absolute Gasteiger partial charge is 0.244 e. The quantitative estimate of drug-likeness (QED) is 0.285. The lowest BCUT2D eigenvalue weighted by molar-refractivity contribution is -0.125. The van der Waals surface area contributed by atoms with Crippen molar-refractivity contribution < 1.29 is 19.5 Å². The highest BCUT2D eigenvalue weighted by atomic mass is 16.3. The molecular weight excluding hydrogens is 446 g/mol. The number of nitrogens with one attached hydrogen (secondary N) is 3. The Labute approximate surface area is 209 Å². The zero-order valence-electron chi connectivity index (χ0n) is 21.8. The number of benzene rings is 1. The summed E-state index contributed by atoms with van der Waals surface area (Å²) < 4.78 is 0. The van der Waals surface area contributed by atoms with E-state index in [-0.39, 0.29) is 43.0 Å². The number of unbranched alkanes of at least 4 members (excludes halogenated alkanes) is 1. The van der Waals surface area contributed by atoms with E-state index in [9.17, 15) is 19.5 Å². The molecule has 1 aliphatic heterocycles. The topological polar surface area (TPSA) is 137 Å². The van der Waals surface area contributed by atoms with Crippen LogP contribution in [0.1, 0.15) is 59.8 Å². The van der Waals surface area contributed by atoms with Crippen LogP contribution in [0.25, 0.3) is 0 Å². The Bertz CT molecular complexity index is 875. The van der Waals surface area contributed by atoms with Crippen LogP contribution in [0, 0.1) is 11.3 Å². The van der Waals surface area contributed by atoms with Gasteiger partial charge in [0, 0.05) is 32.0 Å². The fourth-order valence-corrected chi connectivity index (χ4v) is 4.46. The number of amides is 3. The molecule has 2 rings (SSSR count). The average Bonchev–Trinajstić information content (AvgIpc) is 2.81. The van der Waals surface area contributed by atoms with Gasteiger partial charge < -0.3 is 31.7 Å². The summed E-state index contributed by atoms with van der Waals surface area (Å²) in [6, 6.07) is 6.31. The summed E-state index contributed by atoms with van der Waals surface area (Å²) in [7, 11) is 1.57. The fourth-order valence-electron chi connectivity index (χ4n) is 4.46. The summed E-state index contributed by atoms with van der Waals surface area (Å²) in [5, 5.41) is 19.4. The number of hydrogen-bond acceptors (Lipinski definition) is 6. The van der Waals surface area contributed by atoms with E-state index in [1.54, 1.807) is 18.9 Å². The molecule has 9 heteroatoms. The van der Waals surface area contributed by atoms with E-state index < -0.39 is 23.6 Å². The van der Waals surface area contributed by atoms with Crippen molar-refractivity contribution in [2.24, 2.45) is 17.1 Å². The number of aliphatic hydroxyl groups excluding tert-OH is 1. The summed E-state index contributed by atoms with van der Waals surface area (Å²) >= 11 is 0. The van der Waals surface area contributed by atoms with Gasteiger partial charge in [-0.1, -0.05) is 46.2 Å². The van der Waals surface area contributed by atoms with Gasteiger partial charge in [0.05, 0.1) is 24.0 Å². The van der Waals surface area contributed by atoms with Gasteiger partial charge >= 0.3 is 0 Å². The van der Waals surface area contributed by atoms with Crippen molar-refractivity contribution in [3.8, 4) is 0 Å². The molecule has 4 atom stereocenters. The van der Waals surface area contributed by atoms with Gasteiger partial charge in [0.1, 0.15) is 6.04 Å². The number of nitrogens with two attached hydrogens (primary N) is 1. The van der Waals surface area contributed by atoms with Crippen molar-refractivity contribution in [3.63, 3.8) is 0 Å². The highest BCUT2D eigenvalue weighted by Crippen LogP contribution is 2.34. The maximum atomic E-state index is 13.4. The predicted octanol–water partition coefficient (Wildman–Crippen LogP) is 2.00. The minimum atomic E-state index is -0.853. The maximum absolute atomic E-state index is 13.4. The molecule has 9 nitrogen and oxygen atoms in total. The van der Waals surface area contributed by atoms with Crippen molar-refractivity contribution in [2.75, 3.05) is 30.4 Å². The molecule has 0 aliphatic carbocycles. The minimum absolute atomic E-state index is 0.0813. The number of carbonyl (C=O) groups excluding carboxylic acids is 3. The molecule has 1 heterocycles. The molecule has 1 aromatic carbocycles. The van der Waals surface area contributed by atoms with Crippen LogP contribution >= 0.6 is 0 Å². The third kappa shape index (κ3) is 8.21. The Morgan fingerprint density at radius 2 is 1.97 bits per heavy atom. The SMILES string of the molecule is CCCCNC(=O)[C@H](C)C[C@H](O)[C@@H](N)CC(C)(C)CC(=O)N1CC(C(=O)NC)Nc2ccccc21. The van der Waals surface area contributed by atoms with E-state index in [1.807, 2.05) is 38.1 Å². The van der Waals surface area contributed by atoms with Gasteiger partial charge in [0.15, 0.2) is 0 Å². The first-order chi connectivity index (χ1) is 16.5. The average molecular weight is 490 g/mol. The summed E-state index contributed by atoms with van der Waals surface area (Å²) in [5.74, 6) is -0.725. The van der Waals surface area contributed by atoms with Crippen molar-refractivity contribution in [1.29, 1.82) is 0 Å². The fraction of sp³-hybridized carbons (Fsp3) is 0.654. The summed E-state index contributed by atoms with van der Waals surface area (Å²) in [6.07, 6.45) is 1.95. The number of para-hydroxylation sites is 2. The second-order valence-corrected chi connectivity index (χ2v) is 10.4. The van der Waals surface area contributed by atoms with Crippen molar-refractivity contribution in [3.05, 3.63) is 24.3 Å². The molecule has 6 N–H and O–H groups in total. The Balaban J connectivity index is 1.99.